The zero-order chi connectivity index (χ0) is 40.2. The third-order valence-corrected chi connectivity index (χ3v) is 11.8. The summed E-state index contributed by atoms with van der Waals surface area (Å²) in [7, 11) is 0. The predicted octanol–water partition coefficient (Wildman–Crippen LogP) is 14.1. The summed E-state index contributed by atoms with van der Waals surface area (Å²) in [5, 5.41) is 0. The van der Waals surface area contributed by atoms with Crippen molar-refractivity contribution in [3.05, 3.63) is 162 Å². The third kappa shape index (κ3) is 7.16. The number of aromatic nitrogens is 3. The minimum Gasteiger partial charge on any atom is -0.473 e. The summed E-state index contributed by atoms with van der Waals surface area (Å²) in [6, 6.07) is 41.3. The van der Waals surface area contributed by atoms with Gasteiger partial charge in [-0.15, -0.1) is 6.67 Å². The largest absolute Gasteiger partial charge is 2.00 e. The molecule has 9 rings (SSSR count). The number of imidazole rings is 1. The fraction of sp³-hybridized carbons (Fsp3) is 0.288. The molecule has 0 N–H and O–H groups in total. The first-order chi connectivity index (χ1) is 27.4. The first-order valence-electron chi connectivity index (χ1n) is 20.6. The van der Waals surface area contributed by atoms with Gasteiger partial charge in [-0.2, -0.15) is 0 Å². The molecule has 0 saturated heterocycles. The standard InChI is InChI=1S/C31H39N2.C21H16N3.Cu/c1-20(2)24-13-11-14-25(21(3)4)30(24)32-19-33(29-18-10-9-17-28(29)32)31-26(22(5)6)15-12-16-27(31)23(7)8;1-21(2)15-8-4-3-7-13(15)14-11-18-19(12-16(14)21)24-20(23-18)17-9-5-6-10-22-17;/h9-23H,1-8H3;3-12H,1-2H3;/q2*-1;+2. The fourth-order valence-electron chi connectivity index (χ4n) is 8.81. The van der Waals surface area contributed by atoms with Gasteiger partial charge in [-0.3, -0.25) is 4.98 Å². The Labute approximate surface area is 356 Å². The zero-order valence-electron chi connectivity index (χ0n) is 35.5. The molecule has 0 amide bonds. The van der Waals surface area contributed by atoms with Gasteiger partial charge in [0.15, 0.2) is 0 Å². The first-order valence-corrected chi connectivity index (χ1v) is 20.6. The van der Waals surface area contributed by atoms with E-state index < -0.39 is 0 Å². The number of para-hydroxylation sites is 4. The first kappa shape index (κ1) is 41.0. The third-order valence-electron chi connectivity index (χ3n) is 11.8. The number of fused-ring (bicyclic) bond motifs is 5. The summed E-state index contributed by atoms with van der Waals surface area (Å²) in [4.78, 5) is 18.7. The summed E-state index contributed by atoms with van der Waals surface area (Å²) >= 11 is 0. The molecule has 1 radical (unpaired) electrons. The second-order valence-electron chi connectivity index (χ2n) is 17.4. The van der Waals surface area contributed by atoms with E-state index in [4.69, 9.17) is 9.97 Å². The minimum atomic E-state index is -0.00970. The molecular weight excluding hydrogens is 758 g/mol. The van der Waals surface area contributed by atoms with Gasteiger partial charge in [-0.25, -0.2) is 0 Å². The molecule has 0 bridgehead atoms. The summed E-state index contributed by atoms with van der Waals surface area (Å²) in [6.45, 7) is 25.3. The Kier molecular flexibility index (Phi) is 11.5. The maximum atomic E-state index is 4.72. The molecule has 5 aromatic carbocycles. The van der Waals surface area contributed by atoms with Crippen LogP contribution in [0.4, 0.5) is 22.7 Å². The fourth-order valence-corrected chi connectivity index (χ4v) is 8.81. The molecule has 7 aromatic rings. The molecule has 5 nitrogen and oxygen atoms in total. The van der Waals surface area contributed by atoms with E-state index in [1.54, 1.807) is 6.20 Å². The van der Waals surface area contributed by atoms with Crippen LogP contribution in [-0.2, 0) is 22.5 Å². The molecule has 299 valence electrons. The van der Waals surface area contributed by atoms with E-state index in [0.29, 0.717) is 29.5 Å². The van der Waals surface area contributed by atoms with Crippen molar-refractivity contribution >= 4 is 33.8 Å². The van der Waals surface area contributed by atoms with E-state index in [0.717, 1.165) is 16.7 Å². The van der Waals surface area contributed by atoms with Gasteiger partial charge in [0.2, 0.25) is 0 Å². The Morgan fingerprint density at radius 3 is 1.55 bits per heavy atom. The number of rotatable bonds is 7. The van der Waals surface area contributed by atoms with Crippen molar-refractivity contribution in [2.45, 2.75) is 98.3 Å². The summed E-state index contributed by atoms with van der Waals surface area (Å²) < 4.78 is 0. The number of anilines is 4. The van der Waals surface area contributed by atoms with Gasteiger partial charge in [0.05, 0.1) is 5.69 Å². The van der Waals surface area contributed by atoms with E-state index >= 15 is 0 Å². The summed E-state index contributed by atoms with van der Waals surface area (Å²) in [6.07, 6.45) is 1.77. The van der Waals surface area contributed by atoms with E-state index in [1.165, 1.54) is 67.3 Å². The SMILES string of the molecule is CC(C)c1cccc(C(C)C)c1N1[CH-]N(c2c(C(C)C)cccc2C(C)C)c2ccccc21.CC1(C)c2ccccc2-c2cc3nc(-c4ccccn4)[n-]c3cc21.[Cu+2]. The average molecular weight is 814 g/mol. The molecule has 0 atom stereocenters. The van der Waals surface area contributed by atoms with Crippen LogP contribution >= 0.6 is 0 Å². The minimum absolute atomic E-state index is 0. The summed E-state index contributed by atoms with van der Waals surface area (Å²) in [5.41, 5.74) is 18.7. The van der Waals surface area contributed by atoms with Crippen LogP contribution < -0.4 is 14.8 Å². The number of hydrogen-bond donors (Lipinski definition) is 0. The van der Waals surface area contributed by atoms with E-state index in [-0.39, 0.29) is 22.5 Å². The normalized spacial score (nSPS) is 13.8. The number of nitrogens with zero attached hydrogens (tertiary/aromatic N) is 5. The maximum absolute atomic E-state index is 4.72. The van der Waals surface area contributed by atoms with E-state index in [2.05, 4.69) is 188 Å². The zero-order valence-corrected chi connectivity index (χ0v) is 36.4. The van der Waals surface area contributed by atoms with Crippen molar-refractivity contribution in [3.63, 3.8) is 0 Å². The molecule has 0 saturated carbocycles. The molecule has 3 heterocycles. The molecule has 0 unspecified atom stereocenters. The van der Waals surface area contributed by atoms with Crippen LogP contribution in [0.5, 0.6) is 0 Å². The quantitative estimate of drug-likeness (QED) is 0.118. The van der Waals surface area contributed by atoms with Crippen LogP contribution in [0.2, 0.25) is 0 Å². The van der Waals surface area contributed by atoms with E-state index in [9.17, 15) is 0 Å². The molecule has 0 fully saturated rings. The van der Waals surface area contributed by atoms with Gasteiger partial charge in [-0.1, -0.05) is 160 Å². The van der Waals surface area contributed by atoms with Crippen molar-refractivity contribution in [1.82, 2.24) is 15.0 Å². The molecule has 58 heavy (non-hydrogen) atoms. The van der Waals surface area contributed by atoms with Gasteiger partial charge in [0.25, 0.3) is 0 Å². The van der Waals surface area contributed by atoms with Crippen LogP contribution in [0.1, 0.15) is 126 Å². The summed E-state index contributed by atoms with van der Waals surface area (Å²) in [5.74, 6) is 2.48. The van der Waals surface area contributed by atoms with Crippen molar-refractivity contribution in [1.29, 1.82) is 0 Å². The Balaban J connectivity index is 0.000000181. The molecular formula is C52H55CuN5. The number of benzene rings is 5. The average Bonchev–Trinajstić information content (AvgIpc) is 3.87. The molecule has 6 heteroatoms. The van der Waals surface area contributed by atoms with Gasteiger partial charge < -0.3 is 19.8 Å². The molecule has 2 aromatic heterocycles. The Bertz CT molecular complexity index is 2420. The second kappa shape index (κ2) is 16.2. The van der Waals surface area contributed by atoms with Crippen molar-refractivity contribution in [2.75, 3.05) is 9.80 Å². The molecule has 0 spiro atoms. The maximum Gasteiger partial charge on any atom is 2.00 e. The molecule has 1 aliphatic carbocycles. The van der Waals surface area contributed by atoms with Gasteiger partial charge in [-0.05, 0) is 109 Å². The van der Waals surface area contributed by atoms with Crippen molar-refractivity contribution < 1.29 is 17.1 Å². The van der Waals surface area contributed by atoms with Crippen LogP contribution in [0.15, 0.2) is 121 Å². The molecule has 2 aliphatic rings. The van der Waals surface area contributed by atoms with Crippen LogP contribution in [0.25, 0.3) is 33.7 Å². The van der Waals surface area contributed by atoms with Crippen LogP contribution in [0.3, 0.4) is 0 Å². The number of hydrogen-bond acceptors (Lipinski definition) is 4. The second-order valence-corrected chi connectivity index (χ2v) is 17.4. The van der Waals surface area contributed by atoms with Crippen LogP contribution in [-0.4, -0.2) is 9.97 Å². The van der Waals surface area contributed by atoms with E-state index in [1.807, 2.05) is 18.2 Å². The topological polar surface area (TPSA) is 46.4 Å². The van der Waals surface area contributed by atoms with Gasteiger partial charge >= 0.3 is 17.1 Å². The van der Waals surface area contributed by atoms with Crippen molar-refractivity contribution in [3.8, 4) is 22.6 Å². The Morgan fingerprint density at radius 1 is 0.552 bits per heavy atom. The number of pyridine rings is 1. The predicted molar refractivity (Wildman–Crippen MR) is 240 cm³/mol. The molecule has 1 aliphatic heterocycles. The Morgan fingerprint density at radius 2 is 1.05 bits per heavy atom. The van der Waals surface area contributed by atoms with Crippen molar-refractivity contribution in [2.24, 2.45) is 0 Å². The monoisotopic (exact) mass is 812 g/mol. The van der Waals surface area contributed by atoms with Crippen LogP contribution in [0, 0.1) is 6.67 Å². The van der Waals surface area contributed by atoms with Gasteiger partial charge in [0, 0.05) is 34.4 Å². The van der Waals surface area contributed by atoms with Gasteiger partial charge in [0.1, 0.15) is 0 Å². The smallest absolute Gasteiger partial charge is 0.473 e. The Hall–Kier alpha value is -5.16.